The van der Waals surface area contributed by atoms with Gasteiger partial charge in [-0.25, -0.2) is 0 Å². The molecule has 1 aliphatic rings. The average molecular weight is 350 g/mol. The first-order valence-corrected chi connectivity index (χ1v) is 9.39. The van der Waals surface area contributed by atoms with Crippen LogP contribution in [0, 0.1) is 0 Å². The molecule has 4 N–H and O–H groups in total. The van der Waals surface area contributed by atoms with E-state index in [2.05, 4.69) is 21.9 Å². The number of guanidine groups is 1. The van der Waals surface area contributed by atoms with Gasteiger partial charge in [-0.05, 0) is 43.2 Å². The molecular weight excluding hydrogens is 324 g/mol. The zero-order valence-electron chi connectivity index (χ0n) is 14.2. The maximum atomic E-state index is 10.8. The zero-order chi connectivity index (χ0) is 17.4. The summed E-state index contributed by atoms with van der Waals surface area (Å²) < 4.78 is 5.32. The Hall–Kier alpha value is -1.89. The van der Waals surface area contributed by atoms with Gasteiger partial charge in [0, 0.05) is 24.9 Å². The summed E-state index contributed by atoms with van der Waals surface area (Å²) in [6.45, 7) is 0.518. The Labute approximate surface area is 147 Å². The fourth-order valence-electron chi connectivity index (χ4n) is 2.76. The second-order valence-electron chi connectivity index (χ2n) is 5.84. The molecule has 6 nitrogen and oxygen atoms in total. The topological polar surface area (TPSA) is 88.7 Å². The van der Waals surface area contributed by atoms with Crippen molar-refractivity contribution in [3.8, 4) is 5.75 Å². The van der Waals surface area contributed by atoms with Crippen LogP contribution in [0.25, 0.3) is 0 Å². The molecule has 0 aliphatic heterocycles. The molecule has 1 aromatic rings. The Balaban J connectivity index is 1.82. The van der Waals surface area contributed by atoms with E-state index >= 15 is 0 Å². The van der Waals surface area contributed by atoms with E-state index in [1.807, 2.05) is 30.0 Å². The van der Waals surface area contributed by atoms with Crippen LogP contribution in [0.1, 0.15) is 24.8 Å². The number of benzene rings is 1. The van der Waals surface area contributed by atoms with Gasteiger partial charge in [-0.1, -0.05) is 12.1 Å². The molecule has 0 saturated heterocycles. The lowest BCUT2D eigenvalue weighted by Gasteiger charge is -2.17. The summed E-state index contributed by atoms with van der Waals surface area (Å²) in [7, 11) is 1.78. The van der Waals surface area contributed by atoms with Crippen molar-refractivity contribution >= 4 is 23.6 Å². The Kier molecular flexibility index (Phi) is 7.24. The third-order valence-corrected chi connectivity index (χ3v) is 5.12. The third-order valence-electron chi connectivity index (χ3n) is 4.02. The molecule has 0 aromatic heterocycles. The van der Waals surface area contributed by atoms with E-state index in [-0.39, 0.29) is 6.61 Å². The first-order valence-electron chi connectivity index (χ1n) is 8.10. The van der Waals surface area contributed by atoms with Crippen LogP contribution >= 0.6 is 11.8 Å². The number of primary amides is 1. The highest BCUT2D eigenvalue weighted by Crippen LogP contribution is 2.28. The first kappa shape index (κ1) is 18.4. The van der Waals surface area contributed by atoms with Crippen LogP contribution in [0.5, 0.6) is 5.75 Å². The predicted octanol–water partition coefficient (Wildman–Crippen LogP) is 1.50. The van der Waals surface area contributed by atoms with Crippen molar-refractivity contribution in [1.29, 1.82) is 0 Å². The van der Waals surface area contributed by atoms with Crippen molar-refractivity contribution in [2.45, 2.75) is 37.1 Å². The molecule has 0 spiro atoms. The highest BCUT2D eigenvalue weighted by atomic mass is 32.2. The fourth-order valence-corrected chi connectivity index (χ4v) is 3.56. The van der Waals surface area contributed by atoms with Crippen LogP contribution in [0.4, 0.5) is 0 Å². The fraction of sp³-hybridized carbons (Fsp3) is 0.529. The lowest BCUT2D eigenvalue weighted by Crippen LogP contribution is -2.42. The number of hydrogen-bond acceptors (Lipinski definition) is 4. The summed E-state index contributed by atoms with van der Waals surface area (Å²) in [4.78, 5) is 15.1. The van der Waals surface area contributed by atoms with Gasteiger partial charge in [0.15, 0.2) is 12.6 Å². The van der Waals surface area contributed by atoms with E-state index in [1.165, 1.54) is 19.3 Å². The highest BCUT2D eigenvalue weighted by molar-refractivity contribution is 7.99. The van der Waals surface area contributed by atoms with Crippen LogP contribution in [-0.2, 0) is 11.3 Å². The average Bonchev–Trinajstić information content (AvgIpc) is 3.04. The number of thioether (sulfide) groups is 1. The SMILES string of the molecule is CN=C(NCc1cccc(OCC(N)=O)c1)NC1CCC(SC)C1. The summed E-state index contributed by atoms with van der Waals surface area (Å²) in [5.41, 5.74) is 6.14. The maximum Gasteiger partial charge on any atom is 0.255 e. The van der Waals surface area contributed by atoms with E-state index in [1.54, 1.807) is 13.1 Å². The number of amides is 1. The second kappa shape index (κ2) is 9.42. The van der Waals surface area contributed by atoms with Crippen LogP contribution in [0.2, 0.25) is 0 Å². The smallest absolute Gasteiger partial charge is 0.255 e. The highest BCUT2D eigenvalue weighted by Gasteiger charge is 2.24. The zero-order valence-corrected chi connectivity index (χ0v) is 15.1. The number of ether oxygens (including phenoxy) is 1. The molecule has 2 unspecified atom stereocenters. The van der Waals surface area contributed by atoms with Crippen molar-refractivity contribution in [2.75, 3.05) is 19.9 Å². The molecule has 1 saturated carbocycles. The summed E-state index contributed by atoms with van der Waals surface area (Å²) in [6, 6.07) is 8.07. The van der Waals surface area contributed by atoms with Crippen molar-refractivity contribution in [2.24, 2.45) is 10.7 Å². The van der Waals surface area contributed by atoms with Gasteiger partial charge in [-0.2, -0.15) is 11.8 Å². The maximum absolute atomic E-state index is 10.8. The van der Waals surface area contributed by atoms with Crippen molar-refractivity contribution in [3.05, 3.63) is 29.8 Å². The minimum atomic E-state index is -0.483. The van der Waals surface area contributed by atoms with E-state index in [0.29, 0.717) is 18.3 Å². The monoisotopic (exact) mass is 350 g/mol. The first-order chi connectivity index (χ1) is 11.6. The van der Waals surface area contributed by atoms with Gasteiger partial charge in [-0.15, -0.1) is 0 Å². The largest absolute Gasteiger partial charge is 0.484 e. The van der Waals surface area contributed by atoms with Gasteiger partial charge in [-0.3, -0.25) is 9.79 Å². The Morgan fingerprint density at radius 1 is 1.46 bits per heavy atom. The standard InChI is InChI=1S/C17H26N4O2S/c1-19-17(21-13-6-7-15(9-13)24-2)20-10-12-4-3-5-14(8-12)23-11-16(18)22/h3-5,8,13,15H,6-7,9-11H2,1-2H3,(H2,18,22)(H2,19,20,21). The van der Waals surface area contributed by atoms with Crippen LogP contribution < -0.4 is 21.1 Å². The van der Waals surface area contributed by atoms with Gasteiger partial charge in [0.25, 0.3) is 5.91 Å². The lowest BCUT2D eigenvalue weighted by molar-refractivity contribution is -0.119. The Morgan fingerprint density at radius 3 is 2.96 bits per heavy atom. The van der Waals surface area contributed by atoms with Gasteiger partial charge in [0.1, 0.15) is 5.75 Å². The number of nitrogens with two attached hydrogens (primary N) is 1. The number of carbonyl (C=O) groups is 1. The number of nitrogens with one attached hydrogen (secondary N) is 2. The molecule has 2 rings (SSSR count). The Morgan fingerprint density at radius 2 is 2.29 bits per heavy atom. The van der Waals surface area contributed by atoms with Crippen molar-refractivity contribution in [1.82, 2.24) is 10.6 Å². The summed E-state index contributed by atoms with van der Waals surface area (Å²) in [5, 5.41) is 7.56. The van der Waals surface area contributed by atoms with Crippen LogP contribution in [0.3, 0.4) is 0 Å². The molecule has 0 radical (unpaired) electrons. The third kappa shape index (κ3) is 5.96. The summed E-state index contributed by atoms with van der Waals surface area (Å²) >= 11 is 1.94. The second-order valence-corrected chi connectivity index (χ2v) is 6.98. The van der Waals surface area contributed by atoms with Crippen molar-refractivity contribution in [3.63, 3.8) is 0 Å². The van der Waals surface area contributed by atoms with E-state index < -0.39 is 5.91 Å². The van der Waals surface area contributed by atoms with E-state index in [9.17, 15) is 4.79 Å². The number of nitrogens with zero attached hydrogens (tertiary/aromatic N) is 1. The van der Waals surface area contributed by atoms with Gasteiger partial charge >= 0.3 is 0 Å². The molecule has 132 valence electrons. The van der Waals surface area contributed by atoms with Crippen LogP contribution in [0.15, 0.2) is 29.3 Å². The lowest BCUT2D eigenvalue weighted by atomic mass is 10.2. The molecular formula is C17H26N4O2S. The summed E-state index contributed by atoms with van der Waals surface area (Å²) in [6.07, 6.45) is 5.80. The number of hydrogen-bond donors (Lipinski definition) is 3. The quantitative estimate of drug-likeness (QED) is 0.512. The predicted molar refractivity (Wildman–Crippen MR) is 99.4 cm³/mol. The van der Waals surface area contributed by atoms with Crippen LogP contribution in [-0.4, -0.2) is 43.1 Å². The minimum absolute atomic E-state index is 0.113. The molecule has 1 amide bonds. The Bertz CT molecular complexity index is 579. The molecule has 2 atom stereocenters. The molecule has 1 aromatic carbocycles. The molecule has 0 heterocycles. The minimum Gasteiger partial charge on any atom is -0.484 e. The molecule has 7 heteroatoms. The van der Waals surface area contributed by atoms with E-state index in [4.69, 9.17) is 10.5 Å². The molecule has 1 aliphatic carbocycles. The number of rotatable bonds is 7. The summed E-state index contributed by atoms with van der Waals surface area (Å²) in [5.74, 6) is 0.961. The molecule has 24 heavy (non-hydrogen) atoms. The number of carbonyl (C=O) groups excluding carboxylic acids is 1. The van der Waals surface area contributed by atoms with E-state index in [0.717, 1.165) is 16.8 Å². The normalized spacial score (nSPS) is 20.7. The molecule has 1 fully saturated rings. The van der Waals surface area contributed by atoms with Gasteiger partial charge in [0.2, 0.25) is 0 Å². The number of aliphatic imine (C=N–C) groups is 1. The molecule has 0 bridgehead atoms. The van der Waals surface area contributed by atoms with Crippen molar-refractivity contribution < 1.29 is 9.53 Å². The van der Waals surface area contributed by atoms with Gasteiger partial charge in [0.05, 0.1) is 0 Å². The van der Waals surface area contributed by atoms with Gasteiger partial charge < -0.3 is 21.1 Å².